The number of aliphatic carboxylic acids is 2. The van der Waals surface area contributed by atoms with Gasteiger partial charge >= 0.3 is 59.1 Å². The Bertz CT molecular complexity index is 163. The molecule has 14 heavy (non-hydrogen) atoms. The van der Waals surface area contributed by atoms with E-state index < -0.39 is 17.9 Å². The van der Waals surface area contributed by atoms with Crippen molar-refractivity contribution in [3.8, 4) is 0 Å². The van der Waals surface area contributed by atoms with E-state index in [-0.39, 0.29) is 65.5 Å². The maximum Gasteiger partial charge on any atom is 1.00 e. The Morgan fingerprint density at radius 3 is 1.79 bits per heavy atom. The van der Waals surface area contributed by atoms with Crippen LogP contribution in [0, 0.1) is 5.92 Å². The summed E-state index contributed by atoms with van der Waals surface area (Å²) in [6.45, 7) is 0.423. The Balaban J connectivity index is -0.000000605. The third kappa shape index (κ3) is 9.45. The molecule has 70 valence electrons. The zero-order chi connectivity index (χ0) is 9.56. The van der Waals surface area contributed by atoms with Gasteiger partial charge in [0.25, 0.3) is 0 Å². The first-order valence-corrected chi connectivity index (χ1v) is 3.71. The van der Waals surface area contributed by atoms with Crippen LogP contribution in [0.25, 0.3) is 0 Å². The van der Waals surface area contributed by atoms with Gasteiger partial charge in [-0.2, -0.15) is 0 Å². The molecule has 2 N–H and O–H groups in total. The molecule has 0 aliphatic carbocycles. The number of carboxylic acids is 2. The molecule has 0 amide bonds. The van der Waals surface area contributed by atoms with Crippen molar-refractivity contribution in [2.45, 2.75) is 19.3 Å². The van der Waals surface area contributed by atoms with Crippen LogP contribution in [0.4, 0.5) is 0 Å². The van der Waals surface area contributed by atoms with Crippen molar-refractivity contribution < 1.29 is 78.9 Å². The average Bonchev–Trinajstić information content (AvgIpc) is 1.96. The normalized spacial score (nSPS) is 8.71. The Morgan fingerprint density at radius 1 is 1.07 bits per heavy atom. The molecule has 0 aliphatic heterocycles. The molecule has 0 aliphatic rings. The molecule has 0 saturated heterocycles. The maximum absolute atomic E-state index is 10.2. The largest absolute Gasteiger partial charge is 1.00 e. The van der Waals surface area contributed by atoms with E-state index in [1.165, 1.54) is 0 Å². The molecular formula is C7H11NNa2O4. The molecule has 0 saturated carbocycles. The van der Waals surface area contributed by atoms with Crippen molar-refractivity contribution in [2.75, 3.05) is 6.54 Å². The Morgan fingerprint density at radius 2 is 1.50 bits per heavy atom. The Kier molecular flexibility index (Phi) is 17.4. The van der Waals surface area contributed by atoms with Crippen LogP contribution >= 0.6 is 0 Å². The average molecular weight is 219 g/mol. The van der Waals surface area contributed by atoms with E-state index in [1.54, 1.807) is 0 Å². The van der Waals surface area contributed by atoms with E-state index >= 15 is 0 Å². The Hall–Kier alpha value is 0.900. The zero-order valence-corrected chi connectivity index (χ0v) is 12.6. The van der Waals surface area contributed by atoms with Gasteiger partial charge in [-0.05, 0) is 19.4 Å². The first-order chi connectivity index (χ1) is 5.59. The van der Waals surface area contributed by atoms with E-state index in [0.29, 0.717) is 19.4 Å². The summed E-state index contributed by atoms with van der Waals surface area (Å²) < 4.78 is 0. The summed E-state index contributed by atoms with van der Waals surface area (Å²) >= 11 is 0. The first-order valence-electron chi connectivity index (χ1n) is 3.71. The van der Waals surface area contributed by atoms with Crippen LogP contribution < -0.4 is 75.1 Å². The van der Waals surface area contributed by atoms with Crippen LogP contribution in [0.5, 0.6) is 0 Å². The molecule has 0 spiro atoms. The number of carboxylic acid groups (broad SMARTS) is 2. The Labute approximate surface area is 127 Å². The van der Waals surface area contributed by atoms with Gasteiger partial charge < -0.3 is 25.5 Å². The number of carbonyl (C=O) groups excluding carboxylic acids is 2. The molecule has 0 radical (unpaired) electrons. The fourth-order valence-corrected chi connectivity index (χ4v) is 0.825. The van der Waals surface area contributed by atoms with E-state index in [4.69, 9.17) is 5.73 Å². The standard InChI is InChI=1S/C7H13NO4.2Na/c8-4-2-1-3-5(6(9)10)7(11)12;;/h5H,1-4,8H2,(H,9,10)(H,11,12);;/q;2*+1/p-2. The molecule has 0 aromatic heterocycles. The zero-order valence-electron chi connectivity index (χ0n) is 8.62. The predicted molar refractivity (Wildman–Crippen MR) is 36.4 cm³/mol. The summed E-state index contributed by atoms with van der Waals surface area (Å²) in [6.07, 6.45) is 1.10. The topological polar surface area (TPSA) is 106 Å². The number of rotatable bonds is 6. The van der Waals surface area contributed by atoms with Gasteiger partial charge in [0.2, 0.25) is 0 Å². The van der Waals surface area contributed by atoms with Crippen molar-refractivity contribution >= 4 is 11.9 Å². The molecular weight excluding hydrogens is 208 g/mol. The summed E-state index contributed by atoms with van der Waals surface area (Å²) in [5.41, 5.74) is 5.14. The van der Waals surface area contributed by atoms with Crippen LogP contribution in [-0.4, -0.2) is 18.5 Å². The molecule has 0 bridgehead atoms. The van der Waals surface area contributed by atoms with Crippen LogP contribution in [0.3, 0.4) is 0 Å². The fourth-order valence-electron chi connectivity index (χ4n) is 0.825. The number of carbonyl (C=O) groups is 2. The van der Waals surface area contributed by atoms with Gasteiger partial charge in [-0.25, -0.2) is 0 Å². The molecule has 0 fully saturated rings. The van der Waals surface area contributed by atoms with Gasteiger partial charge in [-0.3, -0.25) is 0 Å². The van der Waals surface area contributed by atoms with Gasteiger partial charge in [0, 0.05) is 5.92 Å². The maximum atomic E-state index is 10.2. The van der Waals surface area contributed by atoms with E-state index in [0.717, 1.165) is 0 Å². The second kappa shape index (κ2) is 12.0. The molecule has 5 nitrogen and oxygen atoms in total. The van der Waals surface area contributed by atoms with Crippen LogP contribution in [0.1, 0.15) is 19.3 Å². The minimum absolute atomic E-state index is 0. The summed E-state index contributed by atoms with van der Waals surface area (Å²) in [5.74, 6) is -4.68. The van der Waals surface area contributed by atoms with Crippen molar-refractivity contribution in [2.24, 2.45) is 11.7 Å². The van der Waals surface area contributed by atoms with Gasteiger partial charge in [-0.15, -0.1) is 0 Å². The SMILES string of the molecule is NCCCCC(C(=O)[O-])C(=O)[O-].[Na+].[Na+]. The van der Waals surface area contributed by atoms with Crippen molar-refractivity contribution in [3.63, 3.8) is 0 Å². The molecule has 0 rings (SSSR count). The van der Waals surface area contributed by atoms with Gasteiger partial charge in [0.15, 0.2) is 0 Å². The third-order valence-corrected chi connectivity index (χ3v) is 1.52. The molecule has 7 heteroatoms. The minimum Gasteiger partial charge on any atom is -0.549 e. The summed E-state index contributed by atoms with van der Waals surface area (Å²) in [5, 5.41) is 20.3. The van der Waals surface area contributed by atoms with E-state index in [1.807, 2.05) is 0 Å². The first kappa shape index (κ1) is 20.3. The van der Waals surface area contributed by atoms with Crippen LogP contribution in [0.15, 0.2) is 0 Å². The molecule has 0 aromatic carbocycles. The molecule has 0 heterocycles. The fraction of sp³-hybridized carbons (Fsp3) is 0.714. The molecule has 0 atom stereocenters. The van der Waals surface area contributed by atoms with E-state index in [9.17, 15) is 19.8 Å². The van der Waals surface area contributed by atoms with Crippen LogP contribution in [0.2, 0.25) is 0 Å². The van der Waals surface area contributed by atoms with Crippen molar-refractivity contribution in [1.29, 1.82) is 0 Å². The number of hydrogen-bond donors (Lipinski definition) is 1. The minimum atomic E-state index is -1.59. The van der Waals surface area contributed by atoms with Crippen molar-refractivity contribution in [1.82, 2.24) is 0 Å². The third-order valence-electron chi connectivity index (χ3n) is 1.52. The summed E-state index contributed by atoms with van der Waals surface area (Å²) in [7, 11) is 0. The number of unbranched alkanes of at least 4 members (excludes halogenated alkanes) is 1. The second-order valence-electron chi connectivity index (χ2n) is 2.48. The van der Waals surface area contributed by atoms with Crippen molar-refractivity contribution in [3.05, 3.63) is 0 Å². The quantitative estimate of drug-likeness (QED) is 0.271. The smallest absolute Gasteiger partial charge is 0.549 e. The summed E-state index contributed by atoms with van der Waals surface area (Å²) in [4.78, 5) is 20.3. The van der Waals surface area contributed by atoms with E-state index in [2.05, 4.69) is 0 Å². The van der Waals surface area contributed by atoms with Crippen LogP contribution in [-0.2, 0) is 9.59 Å². The molecule has 0 unspecified atom stereocenters. The monoisotopic (exact) mass is 219 g/mol. The van der Waals surface area contributed by atoms with Gasteiger partial charge in [0.1, 0.15) is 0 Å². The second-order valence-corrected chi connectivity index (χ2v) is 2.48. The predicted octanol–water partition coefficient (Wildman–Crippen LogP) is -8.76. The number of nitrogens with two attached hydrogens (primary N) is 1. The van der Waals surface area contributed by atoms with Gasteiger partial charge in [0.05, 0.1) is 11.9 Å². The number of hydrogen-bond acceptors (Lipinski definition) is 5. The van der Waals surface area contributed by atoms with Gasteiger partial charge in [-0.1, -0.05) is 6.42 Å². The summed E-state index contributed by atoms with van der Waals surface area (Å²) in [6, 6.07) is 0. The molecule has 0 aromatic rings.